The van der Waals surface area contributed by atoms with E-state index in [1.54, 1.807) is 7.11 Å². The molecule has 3 nitrogen and oxygen atoms in total. The minimum Gasteiger partial charge on any atom is -0.394 e. The topological polar surface area (TPSA) is 31.0 Å². The monoisotopic (exact) mass is 278 g/mol. The number of rotatable bonds is 5. The van der Waals surface area contributed by atoms with Gasteiger partial charge in [0.1, 0.15) is 0 Å². The molecule has 1 heterocycles. The van der Waals surface area contributed by atoms with Gasteiger partial charge in [0, 0.05) is 13.7 Å². The summed E-state index contributed by atoms with van der Waals surface area (Å²) in [5, 5.41) is 1.20. The molecule has 1 aromatic rings. The molecule has 19 heavy (non-hydrogen) atoms. The van der Waals surface area contributed by atoms with Crippen LogP contribution in [0.5, 0.6) is 0 Å². The van der Waals surface area contributed by atoms with E-state index in [0.29, 0.717) is 18.1 Å². The van der Waals surface area contributed by atoms with Gasteiger partial charge in [0.05, 0.1) is 12.2 Å². The van der Waals surface area contributed by atoms with E-state index >= 15 is 0 Å². The molecule has 0 aromatic heterocycles. The Hall–Kier alpha value is -0.683. The van der Waals surface area contributed by atoms with Crippen LogP contribution in [-0.4, -0.2) is 34.5 Å². The molecule has 4 unspecified atom stereocenters. The molecule has 2 aliphatic rings. The first-order chi connectivity index (χ1) is 9.21. The van der Waals surface area contributed by atoms with E-state index in [4.69, 9.17) is 13.6 Å². The van der Waals surface area contributed by atoms with Crippen LogP contribution >= 0.6 is 0 Å². The maximum atomic E-state index is 6.23. The van der Waals surface area contributed by atoms with Crippen molar-refractivity contribution >= 4 is 13.7 Å². The first kappa shape index (κ1) is 13.3. The van der Waals surface area contributed by atoms with Crippen LogP contribution in [0, 0.1) is 5.92 Å². The van der Waals surface area contributed by atoms with Crippen molar-refractivity contribution in [3.05, 3.63) is 30.3 Å². The van der Waals surface area contributed by atoms with Gasteiger partial charge in [-0.15, -0.1) is 0 Å². The average Bonchev–Trinajstić information content (AvgIpc) is 3.24. The second-order valence-electron chi connectivity index (χ2n) is 5.72. The third-order valence-corrected chi connectivity index (χ3v) is 7.27. The molecule has 1 saturated carbocycles. The fourth-order valence-corrected chi connectivity index (χ4v) is 4.79. The van der Waals surface area contributed by atoms with E-state index < -0.39 is 8.56 Å². The highest BCUT2D eigenvalue weighted by molar-refractivity contribution is 6.79. The summed E-state index contributed by atoms with van der Waals surface area (Å²) in [5.74, 6) is 0.634. The average molecular weight is 278 g/mol. The minimum atomic E-state index is -2.23. The third kappa shape index (κ3) is 2.92. The highest BCUT2D eigenvalue weighted by atomic mass is 28.4. The summed E-state index contributed by atoms with van der Waals surface area (Å²) < 4.78 is 17.5. The molecule has 2 fully saturated rings. The van der Waals surface area contributed by atoms with Gasteiger partial charge in [-0.2, -0.15) is 0 Å². The molecule has 3 rings (SSSR count). The van der Waals surface area contributed by atoms with Crippen LogP contribution in [-0.2, 0) is 13.6 Å². The summed E-state index contributed by atoms with van der Waals surface area (Å²) >= 11 is 0. The molecular weight excluding hydrogens is 256 g/mol. The first-order valence-electron chi connectivity index (χ1n) is 7.11. The van der Waals surface area contributed by atoms with Crippen molar-refractivity contribution in [2.24, 2.45) is 5.92 Å². The van der Waals surface area contributed by atoms with Gasteiger partial charge in [-0.25, -0.2) is 0 Å². The van der Waals surface area contributed by atoms with Crippen molar-refractivity contribution < 1.29 is 13.6 Å². The zero-order valence-electron chi connectivity index (χ0n) is 11.7. The molecule has 1 saturated heterocycles. The Labute approximate surface area is 116 Å². The fraction of sp³-hybridized carbons (Fsp3) is 0.600. The highest BCUT2D eigenvalue weighted by Crippen LogP contribution is 2.39. The zero-order valence-corrected chi connectivity index (χ0v) is 12.7. The molecule has 1 aromatic carbocycles. The predicted octanol–water partition coefficient (Wildman–Crippen LogP) is 2.20. The molecule has 1 aliphatic carbocycles. The van der Waals surface area contributed by atoms with Crippen LogP contribution < -0.4 is 5.19 Å². The number of hydrogen-bond acceptors (Lipinski definition) is 3. The second-order valence-corrected chi connectivity index (χ2v) is 8.88. The molecule has 0 bridgehead atoms. The fourth-order valence-electron chi connectivity index (χ4n) is 2.92. The summed E-state index contributed by atoms with van der Waals surface area (Å²) in [5.41, 5.74) is 0. The molecule has 1 aliphatic heterocycles. The van der Waals surface area contributed by atoms with E-state index in [-0.39, 0.29) is 0 Å². The van der Waals surface area contributed by atoms with Gasteiger partial charge in [-0.05, 0) is 36.9 Å². The zero-order chi connectivity index (χ0) is 13.3. The molecule has 0 N–H and O–H groups in total. The van der Waals surface area contributed by atoms with E-state index in [9.17, 15) is 0 Å². The van der Waals surface area contributed by atoms with Crippen molar-refractivity contribution in [2.45, 2.75) is 38.0 Å². The van der Waals surface area contributed by atoms with Gasteiger partial charge in [-0.1, -0.05) is 30.3 Å². The smallest absolute Gasteiger partial charge is 0.369 e. The van der Waals surface area contributed by atoms with E-state index in [0.717, 1.165) is 13.0 Å². The molecular formula is C15H22O3Si. The molecule has 0 spiro atoms. The van der Waals surface area contributed by atoms with Gasteiger partial charge in [-0.3, -0.25) is 0 Å². The third-order valence-electron chi connectivity index (χ3n) is 4.39. The Morgan fingerprint density at radius 1 is 1.21 bits per heavy atom. The molecule has 0 radical (unpaired) electrons. The van der Waals surface area contributed by atoms with E-state index in [1.165, 1.54) is 18.0 Å². The maximum Gasteiger partial charge on any atom is 0.369 e. The van der Waals surface area contributed by atoms with Gasteiger partial charge in [0.2, 0.25) is 0 Å². The lowest BCUT2D eigenvalue weighted by molar-refractivity contribution is 0.164. The lowest BCUT2D eigenvalue weighted by Gasteiger charge is -2.28. The van der Waals surface area contributed by atoms with Gasteiger partial charge in [0.15, 0.2) is 0 Å². The van der Waals surface area contributed by atoms with Crippen molar-refractivity contribution in [1.29, 1.82) is 0 Å². The summed E-state index contributed by atoms with van der Waals surface area (Å²) in [4.78, 5) is 0. The Morgan fingerprint density at radius 2 is 2.00 bits per heavy atom. The summed E-state index contributed by atoms with van der Waals surface area (Å²) in [6, 6.07) is 10.3. The lowest BCUT2D eigenvalue weighted by atomic mass is 9.90. The quantitative estimate of drug-likeness (QED) is 0.611. The Kier molecular flexibility index (Phi) is 3.76. The molecule has 4 heteroatoms. The van der Waals surface area contributed by atoms with E-state index in [1.807, 2.05) is 18.2 Å². The maximum absolute atomic E-state index is 6.23. The normalized spacial score (nSPS) is 32.4. The van der Waals surface area contributed by atoms with Gasteiger partial charge < -0.3 is 13.6 Å². The van der Waals surface area contributed by atoms with Gasteiger partial charge >= 0.3 is 8.56 Å². The molecule has 4 atom stereocenters. The Morgan fingerprint density at radius 3 is 2.68 bits per heavy atom. The van der Waals surface area contributed by atoms with Crippen LogP contribution in [0.2, 0.25) is 6.55 Å². The highest BCUT2D eigenvalue weighted by Gasteiger charge is 2.44. The van der Waals surface area contributed by atoms with Crippen LogP contribution in [0.25, 0.3) is 0 Å². The number of ether oxygens (including phenoxy) is 1. The largest absolute Gasteiger partial charge is 0.394 e. The van der Waals surface area contributed by atoms with Crippen molar-refractivity contribution in [3.8, 4) is 0 Å². The number of hydrogen-bond donors (Lipinski definition) is 0. The van der Waals surface area contributed by atoms with Crippen molar-refractivity contribution in [1.82, 2.24) is 0 Å². The van der Waals surface area contributed by atoms with Crippen LogP contribution in [0.4, 0.5) is 0 Å². The van der Waals surface area contributed by atoms with Crippen molar-refractivity contribution in [2.75, 3.05) is 13.7 Å². The van der Waals surface area contributed by atoms with Crippen LogP contribution in [0.15, 0.2) is 30.3 Å². The van der Waals surface area contributed by atoms with Crippen molar-refractivity contribution in [3.63, 3.8) is 0 Å². The summed E-state index contributed by atoms with van der Waals surface area (Å²) in [7, 11) is -0.469. The Bertz CT molecular complexity index is 425. The van der Waals surface area contributed by atoms with Crippen LogP contribution in [0.3, 0.4) is 0 Å². The predicted molar refractivity (Wildman–Crippen MR) is 76.7 cm³/mol. The lowest BCUT2D eigenvalue weighted by Crippen LogP contribution is -2.51. The van der Waals surface area contributed by atoms with E-state index in [2.05, 4.69) is 18.7 Å². The number of benzene rings is 1. The second kappa shape index (κ2) is 5.36. The van der Waals surface area contributed by atoms with Gasteiger partial charge in [0.25, 0.3) is 0 Å². The molecule has 104 valence electrons. The molecule has 0 amide bonds. The SMILES string of the molecule is CO[Si](C)(OCC1CCC2OC2C1)c1ccccc1. The Balaban J connectivity index is 1.59. The van der Waals surface area contributed by atoms with Crippen LogP contribution in [0.1, 0.15) is 19.3 Å². The minimum absolute atomic E-state index is 0.523. The number of epoxide rings is 1. The summed E-state index contributed by atoms with van der Waals surface area (Å²) in [6.07, 6.45) is 4.68. The standard InChI is InChI=1S/C15H22O3Si/c1-16-19(2,13-6-4-3-5-7-13)17-11-12-8-9-14-15(10-12)18-14/h3-7,12,14-15H,8-11H2,1-2H3. The number of fused-ring (bicyclic) bond motifs is 1. The first-order valence-corrected chi connectivity index (χ1v) is 9.43. The summed E-state index contributed by atoms with van der Waals surface area (Å²) in [6.45, 7) is 2.93.